The average molecular weight is 249 g/mol. The lowest BCUT2D eigenvalue weighted by Gasteiger charge is -2.11. The van der Waals surface area contributed by atoms with Gasteiger partial charge in [0.15, 0.2) is 0 Å². The number of nitrogens with two attached hydrogens (primary N) is 2. The molecule has 5 heteroatoms. The summed E-state index contributed by atoms with van der Waals surface area (Å²) < 4.78 is 0. The Hall–Kier alpha value is -1.88. The zero-order chi connectivity index (χ0) is 13.5. The van der Waals surface area contributed by atoms with Gasteiger partial charge in [0, 0.05) is 18.0 Å². The third-order valence-corrected chi connectivity index (χ3v) is 2.73. The monoisotopic (exact) mass is 249 g/mol. The fourth-order valence-corrected chi connectivity index (χ4v) is 1.58. The van der Waals surface area contributed by atoms with E-state index in [4.69, 9.17) is 11.5 Å². The van der Waals surface area contributed by atoms with Gasteiger partial charge in [-0.05, 0) is 30.7 Å². The highest BCUT2D eigenvalue weighted by Crippen LogP contribution is 2.06. The summed E-state index contributed by atoms with van der Waals surface area (Å²) in [4.78, 5) is 22.7. The van der Waals surface area contributed by atoms with Crippen molar-refractivity contribution in [3.05, 3.63) is 35.4 Å². The molecular formula is C13H19N3O2. The van der Waals surface area contributed by atoms with Gasteiger partial charge in [0.1, 0.15) is 0 Å². The third kappa shape index (κ3) is 4.18. The number of amides is 2. The minimum absolute atomic E-state index is 0.0371. The van der Waals surface area contributed by atoms with E-state index in [0.717, 1.165) is 5.56 Å². The molecule has 0 heterocycles. The summed E-state index contributed by atoms with van der Waals surface area (Å²) in [6.45, 7) is 2.71. The summed E-state index contributed by atoms with van der Waals surface area (Å²) in [5, 5.41) is 2.80. The normalized spacial score (nSPS) is 11.9. The molecule has 0 aliphatic carbocycles. The van der Waals surface area contributed by atoms with Crippen molar-refractivity contribution in [2.75, 3.05) is 6.54 Å². The standard InChI is InChI=1S/C13H19N3O2/c1-9(5-6-14)13(18)16-8-10-3-2-4-11(7-10)12(15)17/h2-4,7,9H,5-6,8,14H2,1H3,(H2,15,17)(H,16,18). The second kappa shape index (κ2) is 6.76. The Labute approximate surface area is 107 Å². The Morgan fingerprint density at radius 2 is 2.11 bits per heavy atom. The van der Waals surface area contributed by atoms with Crippen molar-refractivity contribution in [3.63, 3.8) is 0 Å². The Morgan fingerprint density at radius 3 is 2.72 bits per heavy atom. The molecule has 18 heavy (non-hydrogen) atoms. The number of primary amides is 1. The van der Waals surface area contributed by atoms with Crippen LogP contribution in [0.2, 0.25) is 0 Å². The van der Waals surface area contributed by atoms with Gasteiger partial charge < -0.3 is 16.8 Å². The summed E-state index contributed by atoms with van der Waals surface area (Å²) in [5.41, 5.74) is 11.9. The Balaban J connectivity index is 2.55. The molecule has 0 spiro atoms. The highest BCUT2D eigenvalue weighted by molar-refractivity contribution is 5.92. The molecule has 1 unspecified atom stereocenters. The highest BCUT2D eigenvalue weighted by atomic mass is 16.2. The van der Waals surface area contributed by atoms with Crippen molar-refractivity contribution in [1.29, 1.82) is 0 Å². The lowest BCUT2D eigenvalue weighted by molar-refractivity contribution is -0.124. The molecule has 1 atom stereocenters. The molecule has 0 saturated heterocycles. The van der Waals surface area contributed by atoms with E-state index in [0.29, 0.717) is 25.1 Å². The predicted octanol–water partition coefficient (Wildman–Crippen LogP) is 0.387. The summed E-state index contributed by atoms with van der Waals surface area (Å²) in [7, 11) is 0. The van der Waals surface area contributed by atoms with E-state index in [1.807, 2.05) is 13.0 Å². The number of hydrogen-bond donors (Lipinski definition) is 3. The van der Waals surface area contributed by atoms with E-state index in [1.54, 1.807) is 18.2 Å². The Morgan fingerprint density at radius 1 is 1.39 bits per heavy atom. The van der Waals surface area contributed by atoms with Crippen LogP contribution < -0.4 is 16.8 Å². The van der Waals surface area contributed by atoms with Gasteiger partial charge in [-0.15, -0.1) is 0 Å². The van der Waals surface area contributed by atoms with E-state index in [1.165, 1.54) is 0 Å². The summed E-state index contributed by atoms with van der Waals surface area (Å²) >= 11 is 0. The molecular weight excluding hydrogens is 230 g/mol. The lowest BCUT2D eigenvalue weighted by Crippen LogP contribution is -2.30. The largest absolute Gasteiger partial charge is 0.366 e. The molecule has 0 aromatic heterocycles. The third-order valence-electron chi connectivity index (χ3n) is 2.73. The van der Waals surface area contributed by atoms with Gasteiger partial charge >= 0.3 is 0 Å². The smallest absolute Gasteiger partial charge is 0.248 e. The first-order valence-electron chi connectivity index (χ1n) is 5.91. The lowest BCUT2D eigenvalue weighted by atomic mass is 10.1. The molecule has 0 aliphatic rings. The molecule has 98 valence electrons. The maximum atomic E-state index is 11.7. The molecule has 1 aromatic rings. The van der Waals surface area contributed by atoms with Crippen LogP contribution >= 0.6 is 0 Å². The van der Waals surface area contributed by atoms with Crippen molar-refractivity contribution in [1.82, 2.24) is 5.32 Å². The van der Waals surface area contributed by atoms with Crippen LogP contribution in [0.4, 0.5) is 0 Å². The quantitative estimate of drug-likeness (QED) is 0.680. The van der Waals surface area contributed by atoms with E-state index in [2.05, 4.69) is 5.32 Å². The molecule has 1 rings (SSSR count). The molecule has 2 amide bonds. The SMILES string of the molecule is CC(CCN)C(=O)NCc1cccc(C(N)=O)c1. The van der Waals surface area contributed by atoms with Crippen LogP contribution in [0, 0.1) is 5.92 Å². The average Bonchev–Trinajstić information content (AvgIpc) is 2.36. The number of carbonyl (C=O) groups excluding carboxylic acids is 2. The molecule has 5 nitrogen and oxygen atoms in total. The second-order valence-corrected chi connectivity index (χ2v) is 4.26. The number of benzene rings is 1. The van der Waals surface area contributed by atoms with Crippen LogP contribution in [-0.4, -0.2) is 18.4 Å². The van der Waals surface area contributed by atoms with Gasteiger partial charge in [0.25, 0.3) is 0 Å². The summed E-state index contributed by atoms with van der Waals surface area (Å²) in [5.74, 6) is -0.612. The van der Waals surface area contributed by atoms with Gasteiger partial charge in [-0.1, -0.05) is 19.1 Å². The molecule has 5 N–H and O–H groups in total. The molecule has 1 aromatic carbocycles. The van der Waals surface area contributed by atoms with Crippen LogP contribution in [0.15, 0.2) is 24.3 Å². The van der Waals surface area contributed by atoms with Crippen molar-refractivity contribution in [2.24, 2.45) is 17.4 Å². The Kier molecular flexibility index (Phi) is 5.32. The predicted molar refractivity (Wildman–Crippen MR) is 69.6 cm³/mol. The summed E-state index contributed by atoms with van der Waals surface area (Å²) in [6.07, 6.45) is 0.660. The van der Waals surface area contributed by atoms with Gasteiger partial charge in [-0.25, -0.2) is 0 Å². The second-order valence-electron chi connectivity index (χ2n) is 4.26. The van der Waals surface area contributed by atoms with E-state index < -0.39 is 5.91 Å². The van der Waals surface area contributed by atoms with Crippen LogP contribution in [0.3, 0.4) is 0 Å². The minimum atomic E-state index is -0.473. The zero-order valence-electron chi connectivity index (χ0n) is 10.5. The number of rotatable bonds is 6. The fourth-order valence-electron chi connectivity index (χ4n) is 1.58. The fraction of sp³-hybridized carbons (Fsp3) is 0.385. The van der Waals surface area contributed by atoms with E-state index in [-0.39, 0.29) is 11.8 Å². The van der Waals surface area contributed by atoms with Crippen LogP contribution in [0.1, 0.15) is 29.3 Å². The molecule has 0 bridgehead atoms. The minimum Gasteiger partial charge on any atom is -0.366 e. The first kappa shape index (κ1) is 14.2. The zero-order valence-corrected chi connectivity index (χ0v) is 10.5. The van der Waals surface area contributed by atoms with Crippen molar-refractivity contribution in [2.45, 2.75) is 19.9 Å². The van der Waals surface area contributed by atoms with Gasteiger partial charge in [-0.2, -0.15) is 0 Å². The number of hydrogen-bond acceptors (Lipinski definition) is 3. The maximum Gasteiger partial charge on any atom is 0.248 e. The number of carbonyl (C=O) groups is 2. The molecule has 0 saturated carbocycles. The van der Waals surface area contributed by atoms with Crippen LogP contribution in [0.25, 0.3) is 0 Å². The first-order valence-corrected chi connectivity index (χ1v) is 5.91. The first-order chi connectivity index (χ1) is 8.54. The van der Waals surface area contributed by atoms with Gasteiger partial charge in [0.2, 0.25) is 11.8 Å². The number of nitrogens with one attached hydrogen (secondary N) is 1. The van der Waals surface area contributed by atoms with Crippen molar-refractivity contribution in [3.8, 4) is 0 Å². The van der Waals surface area contributed by atoms with Crippen LogP contribution in [-0.2, 0) is 11.3 Å². The van der Waals surface area contributed by atoms with Crippen molar-refractivity contribution < 1.29 is 9.59 Å². The van der Waals surface area contributed by atoms with Gasteiger partial charge in [0.05, 0.1) is 0 Å². The molecule has 0 fully saturated rings. The van der Waals surface area contributed by atoms with Crippen LogP contribution in [0.5, 0.6) is 0 Å². The summed E-state index contributed by atoms with van der Waals surface area (Å²) in [6, 6.07) is 6.89. The van der Waals surface area contributed by atoms with Gasteiger partial charge in [-0.3, -0.25) is 9.59 Å². The highest BCUT2D eigenvalue weighted by Gasteiger charge is 2.11. The maximum absolute atomic E-state index is 11.7. The molecule has 0 radical (unpaired) electrons. The van der Waals surface area contributed by atoms with E-state index >= 15 is 0 Å². The topological polar surface area (TPSA) is 98.2 Å². The van der Waals surface area contributed by atoms with E-state index in [9.17, 15) is 9.59 Å². The Bertz CT molecular complexity index is 432. The van der Waals surface area contributed by atoms with Crippen molar-refractivity contribution >= 4 is 11.8 Å². The molecule has 0 aliphatic heterocycles.